The Kier molecular flexibility index (Phi) is 5.64. The Bertz CT molecular complexity index is 708. The smallest absolute Gasteiger partial charge is 0.319 e. The maximum Gasteiger partial charge on any atom is 0.319 e. The van der Waals surface area contributed by atoms with Crippen LogP contribution in [0.3, 0.4) is 0 Å². The zero-order chi connectivity index (χ0) is 17.7. The van der Waals surface area contributed by atoms with E-state index in [1.165, 1.54) is 12.3 Å². The molecule has 128 valence electrons. The molecule has 0 aliphatic carbocycles. The van der Waals surface area contributed by atoms with Crippen molar-refractivity contribution in [1.29, 1.82) is 0 Å². The van der Waals surface area contributed by atoms with Gasteiger partial charge in [-0.15, -0.1) is 0 Å². The number of rotatable bonds is 5. The van der Waals surface area contributed by atoms with E-state index >= 15 is 0 Å². The van der Waals surface area contributed by atoms with Crippen molar-refractivity contribution >= 4 is 17.5 Å². The number of aliphatic hydroxyl groups excluding tert-OH is 1. The molecule has 0 bridgehead atoms. The van der Waals surface area contributed by atoms with Crippen LogP contribution in [0.15, 0.2) is 36.5 Å². The second kappa shape index (κ2) is 7.69. The number of amides is 2. The minimum absolute atomic E-state index is 0.153. The van der Waals surface area contributed by atoms with Gasteiger partial charge in [0.25, 0.3) is 0 Å². The maximum absolute atomic E-state index is 13.1. The molecule has 6 nitrogen and oxygen atoms in total. The number of aliphatic hydroxyl groups is 1. The summed E-state index contributed by atoms with van der Waals surface area (Å²) >= 11 is 0. The summed E-state index contributed by atoms with van der Waals surface area (Å²) in [6.07, 6.45) is 0.348. The average molecular weight is 336 g/mol. The standard InChI is InChI=1S/C16H18F2N4O2/c1-22(2)15-6-4-11(8-19-15)21-16(24)20-9-14(23)10-3-5-12(17)13(18)7-10/h3-8,14,23H,9H2,1-2H3,(H2,20,21,24). The molecule has 0 radical (unpaired) electrons. The van der Waals surface area contributed by atoms with Crippen molar-refractivity contribution in [3.8, 4) is 0 Å². The van der Waals surface area contributed by atoms with Crippen LogP contribution in [0.1, 0.15) is 11.7 Å². The van der Waals surface area contributed by atoms with E-state index in [2.05, 4.69) is 15.6 Å². The van der Waals surface area contributed by atoms with Crippen molar-refractivity contribution in [2.24, 2.45) is 0 Å². The molecule has 24 heavy (non-hydrogen) atoms. The molecule has 0 spiro atoms. The summed E-state index contributed by atoms with van der Waals surface area (Å²) in [7, 11) is 3.70. The number of hydrogen-bond acceptors (Lipinski definition) is 4. The third kappa shape index (κ3) is 4.63. The molecule has 2 amide bonds. The highest BCUT2D eigenvalue weighted by molar-refractivity contribution is 5.89. The largest absolute Gasteiger partial charge is 0.387 e. The van der Waals surface area contributed by atoms with Crippen LogP contribution in [0.2, 0.25) is 0 Å². The van der Waals surface area contributed by atoms with Gasteiger partial charge in [-0.1, -0.05) is 6.07 Å². The lowest BCUT2D eigenvalue weighted by Gasteiger charge is -2.14. The summed E-state index contributed by atoms with van der Waals surface area (Å²) in [6.45, 7) is -0.153. The molecule has 1 unspecified atom stereocenters. The zero-order valence-electron chi connectivity index (χ0n) is 13.3. The summed E-state index contributed by atoms with van der Waals surface area (Å²) in [4.78, 5) is 17.8. The van der Waals surface area contributed by atoms with Gasteiger partial charge < -0.3 is 20.6 Å². The molecule has 0 saturated carbocycles. The van der Waals surface area contributed by atoms with Crippen LogP contribution in [0, 0.1) is 11.6 Å². The van der Waals surface area contributed by atoms with Crippen LogP contribution in [0.25, 0.3) is 0 Å². The maximum atomic E-state index is 13.1. The Morgan fingerprint density at radius 2 is 2.00 bits per heavy atom. The second-order valence-corrected chi connectivity index (χ2v) is 5.32. The van der Waals surface area contributed by atoms with Gasteiger partial charge in [0.05, 0.1) is 18.0 Å². The summed E-state index contributed by atoms with van der Waals surface area (Å²) in [5.41, 5.74) is 0.659. The van der Waals surface area contributed by atoms with Crippen molar-refractivity contribution in [3.63, 3.8) is 0 Å². The molecule has 2 aromatic rings. The molecule has 0 aliphatic heterocycles. The molecule has 1 aromatic heterocycles. The topological polar surface area (TPSA) is 77.5 Å². The summed E-state index contributed by atoms with van der Waals surface area (Å²) in [5, 5.41) is 14.9. The molecule has 3 N–H and O–H groups in total. The third-order valence-corrected chi connectivity index (χ3v) is 3.25. The van der Waals surface area contributed by atoms with E-state index < -0.39 is 23.8 Å². The molecule has 1 heterocycles. The molecule has 0 aliphatic rings. The van der Waals surface area contributed by atoms with E-state index in [4.69, 9.17) is 0 Å². The Hall–Kier alpha value is -2.74. The van der Waals surface area contributed by atoms with Gasteiger partial charge in [0.1, 0.15) is 5.82 Å². The minimum atomic E-state index is -1.15. The van der Waals surface area contributed by atoms with E-state index in [0.29, 0.717) is 5.69 Å². The van der Waals surface area contributed by atoms with Gasteiger partial charge in [0.2, 0.25) is 0 Å². The van der Waals surface area contributed by atoms with Crippen LogP contribution >= 0.6 is 0 Å². The number of halogens is 2. The van der Waals surface area contributed by atoms with Gasteiger partial charge in [-0.3, -0.25) is 0 Å². The summed E-state index contributed by atoms with van der Waals surface area (Å²) in [5.74, 6) is -1.30. The number of carbonyl (C=O) groups excluding carboxylic acids is 1. The van der Waals surface area contributed by atoms with Crippen molar-refractivity contribution in [2.75, 3.05) is 30.9 Å². The highest BCUT2D eigenvalue weighted by Gasteiger charge is 2.12. The van der Waals surface area contributed by atoms with E-state index in [-0.39, 0.29) is 12.1 Å². The number of nitrogens with one attached hydrogen (secondary N) is 2. The number of aromatic nitrogens is 1. The van der Waals surface area contributed by atoms with Gasteiger partial charge >= 0.3 is 6.03 Å². The Morgan fingerprint density at radius 3 is 2.58 bits per heavy atom. The molecule has 0 saturated heterocycles. The molecule has 2 rings (SSSR count). The van der Waals surface area contributed by atoms with Gasteiger partial charge in [-0.2, -0.15) is 0 Å². The van der Waals surface area contributed by atoms with Crippen molar-refractivity contribution < 1.29 is 18.7 Å². The molecular weight excluding hydrogens is 318 g/mol. The van der Waals surface area contributed by atoms with E-state index in [0.717, 1.165) is 18.0 Å². The predicted octanol–water partition coefficient (Wildman–Crippen LogP) is 2.28. The lowest BCUT2D eigenvalue weighted by molar-refractivity contribution is 0.174. The lowest BCUT2D eigenvalue weighted by Crippen LogP contribution is -2.32. The average Bonchev–Trinajstić information content (AvgIpc) is 2.55. The molecule has 1 atom stereocenters. The summed E-state index contributed by atoms with van der Waals surface area (Å²) < 4.78 is 26.0. The van der Waals surface area contributed by atoms with Crippen LogP contribution < -0.4 is 15.5 Å². The van der Waals surface area contributed by atoms with Gasteiger partial charge in [-0.25, -0.2) is 18.6 Å². The number of carbonyl (C=O) groups is 1. The highest BCUT2D eigenvalue weighted by Crippen LogP contribution is 2.16. The second-order valence-electron chi connectivity index (χ2n) is 5.32. The monoisotopic (exact) mass is 336 g/mol. The fourth-order valence-corrected chi connectivity index (χ4v) is 1.93. The third-order valence-electron chi connectivity index (χ3n) is 3.25. The van der Waals surface area contributed by atoms with E-state index in [1.54, 1.807) is 12.1 Å². The first-order valence-electron chi connectivity index (χ1n) is 7.18. The Morgan fingerprint density at radius 1 is 1.25 bits per heavy atom. The Labute approximate surface area is 138 Å². The molecular formula is C16H18F2N4O2. The number of benzene rings is 1. The van der Waals surface area contributed by atoms with E-state index in [9.17, 15) is 18.7 Å². The number of urea groups is 1. The first-order chi connectivity index (χ1) is 11.4. The number of anilines is 2. The normalized spacial score (nSPS) is 11.7. The molecule has 1 aromatic carbocycles. The van der Waals surface area contributed by atoms with Crippen molar-refractivity contribution in [1.82, 2.24) is 10.3 Å². The van der Waals surface area contributed by atoms with E-state index in [1.807, 2.05) is 19.0 Å². The predicted molar refractivity (Wildman–Crippen MR) is 86.9 cm³/mol. The van der Waals surface area contributed by atoms with Crippen LogP contribution in [-0.4, -0.2) is 36.8 Å². The van der Waals surface area contributed by atoms with Crippen LogP contribution in [0.5, 0.6) is 0 Å². The number of hydrogen-bond donors (Lipinski definition) is 3. The summed E-state index contributed by atoms with van der Waals surface area (Å²) in [6, 6.07) is 5.96. The first kappa shape index (κ1) is 17.6. The number of pyridine rings is 1. The fraction of sp³-hybridized carbons (Fsp3) is 0.250. The molecule has 0 fully saturated rings. The zero-order valence-corrected chi connectivity index (χ0v) is 13.3. The first-order valence-corrected chi connectivity index (χ1v) is 7.18. The fourth-order valence-electron chi connectivity index (χ4n) is 1.93. The highest BCUT2D eigenvalue weighted by atomic mass is 19.2. The van der Waals surface area contributed by atoms with Crippen LogP contribution in [0.4, 0.5) is 25.1 Å². The lowest BCUT2D eigenvalue weighted by atomic mass is 10.1. The molecule has 8 heteroatoms. The van der Waals surface area contributed by atoms with Gasteiger partial charge in [-0.05, 0) is 29.8 Å². The quantitative estimate of drug-likeness (QED) is 0.783. The van der Waals surface area contributed by atoms with Crippen LogP contribution in [-0.2, 0) is 0 Å². The Balaban J connectivity index is 1.87. The number of nitrogens with zero attached hydrogens (tertiary/aromatic N) is 2. The van der Waals surface area contributed by atoms with Crippen molar-refractivity contribution in [2.45, 2.75) is 6.10 Å². The van der Waals surface area contributed by atoms with Gasteiger partial charge in [0, 0.05) is 20.6 Å². The minimum Gasteiger partial charge on any atom is -0.387 e. The van der Waals surface area contributed by atoms with Crippen molar-refractivity contribution in [3.05, 3.63) is 53.7 Å². The van der Waals surface area contributed by atoms with Gasteiger partial charge in [0.15, 0.2) is 11.6 Å². The SMILES string of the molecule is CN(C)c1ccc(NC(=O)NCC(O)c2ccc(F)c(F)c2)cn1.